The van der Waals surface area contributed by atoms with Gasteiger partial charge in [-0.15, -0.1) is 5.10 Å². The van der Waals surface area contributed by atoms with Crippen LogP contribution >= 0.6 is 0 Å². The molecule has 1 aromatic carbocycles. The number of hydrazone groups is 1. The average molecular weight is 357 g/mol. The Bertz CT molecular complexity index is 989. The van der Waals surface area contributed by atoms with Crippen molar-refractivity contribution >= 4 is 23.6 Å². The number of nitrogens with two attached hydrogens (primary N) is 1. The van der Waals surface area contributed by atoms with Crippen LogP contribution in [0, 0.1) is 17.0 Å². The largest absolute Gasteiger partial charge is 0.378 e. The molecule has 0 saturated carbocycles. The number of amides is 1. The molecule has 0 atom stereocenters. The number of carbonyl (C=O) groups excluding carboxylic acids is 1. The van der Waals surface area contributed by atoms with Crippen LogP contribution in [0.15, 0.2) is 34.0 Å². The lowest BCUT2D eigenvalue weighted by atomic mass is 10.2. The third-order valence-electron chi connectivity index (χ3n) is 3.23. The molecule has 0 aliphatic heterocycles. The van der Waals surface area contributed by atoms with Crippen LogP contribution in [0.4, 0.5) is 11.5 Å². The van der Waals surface area contributed by atoms with E-state index < -0.39 is 10.8 Å². The Kier molecular flexibility index (Phi) is 4.34. The van der Waals surface area contributed by atoms with E-state index in [9.17, 15) is 14.9 Å². The molecule has 0 aliphatic rings. The lowest BCUT2D eigenvalue weighted by molar-refractivity contribution is -0.384. The molecule has 0 aliphatic carbocycles. The predicted molar refractivity (Wildman–Crippen MR) is 86.5 cm³/mol. The highest BCUT2D eigenvalue weighted by atomic mass is 16.6. The summed E-state index contributed by atoms with van der Waals surface area (Å²) < 4.78 is 5.57. The number of hydrogen-bond donors (Lipinski definition) is 2. The van der Waals surface area contributed by atoms with Crippen LogP contribution in [0.3, 0.4) is 0 Å². The molecule has 13 heteroatoms. The number of aromatic nitrogens is 5. The average Bonchev–Trinajstić information content (AvgIpc) is 3.20. The van der Waals surface area contributed by atoms with Crippen molar-refractivity contribution in [1.82, 2.24) is 30.7 Å². The van der Waals surface area contributed by atoms with Crippen LogP contribution < -0.4 is 11.2 Å². The Morgan fingerprint density at radius 1 is 1.38 bits per heavy atom. The van der Waals surface area contributed by atoms with Gasteiger partial charge in [0.2, 0.25) is 11.6 Å². The van der Waals surface area contributed by atoms with Gasteiger partial charge >= 0.3 is 0 Å². The molecule has 26 heavy (non-hydrogen) atoms. The zero-order valence-corrected chi connectivity index (χ0v) is 13.2. The molecule has 0 saturated heterocycles. The molecule has 0 fully saturated rings. The molecule has 13 nitrogen and oxygen atoms in total. The molecule has 3 aromatic rings. The van der Waals surface area contributed by atoms with E-state index in [1.54, 1.807) is 6.92 Å². The summed E-state index contributed by atoms with van der Waals surface area (Å²) in [6.07, 6.45) is 1.33. The number of nitro groups is 1. The monoisotopic (exact) mass is 357 g/mol. The van der Waals surface area contributed by atoms with E-state index in [4.69, 9.17) is 5.73 Å². The van der Waals surface area contributed by atoms with Gasteiger partial charge in [-0.2, -0.15) is 9.78 Å². The van der Waals surface area contributed by atoms with Crippen molar-refractivity contribution in [3.63, 3.8) is 0 Å². The van der Waals surface area contributed by atoms with Gasteiger partial charge in [-0.3, -0.25) is 14.9 Å². The first-order chi connectivity index (χ1) is 12.5. The van der Waals surface area contributed by atoms with E-state index in [0.717, 1.165) is 4.68 Å². The number of non-ortho nitro benzene ring substituents is 1. The summed E-state index contributed by atoms with van der Waals surface area (Å²) in [5, 5.41) is 29.0. The number of nitrogen functional groups attached to an aromatic ring is 1. The zero-order valence-electron chi connectivity index (χ0n) is 13.2. The highest BCUT2D eigenvalue weighted by Gasteiger charge is 2.22. The number of benzene rings is 1. The minimum Gasteiger partial charge on any atom is -0.378 e. The number of nitrogens with one attached hydrogen (secondary N) is 1. The van der Waals surface area contributed by atoms with Crippen LogP contribution in [-0.2, 0) is 0 Å². The van der Waals surface area contributed by atoms with Gasteiger partial charge in [-0.1, -0.05) is 5.21 Å². The van der Waals surface area contributed by atoms with E-state index in [1.165, 1.54) is 30.5 Å². The molecule has 0 unspecified atom stereocenters. The summed E-state index contributed by atoms with van der Waals surface area (Å²) in [4.78, 5) is 22.5. The topological polar surface area (TPSA) is 180 Å². The SMILES string of the molecule is Cc1nnn(-c2nonc2N)c1C(=O)N/N=C\c1ccc([N+](=O)[O-])cc1. The number of nitro benzene ring substituents is 1. The van der Waals surface area contributed by atoms with Gasteiger partial charge in [0.05, 0.1) is 16.8 Å². The van der Waals surface area contributed by atoms with Crippen molar-refractivity contribution in [2.24, 2.45) is 5.10 Å². The Hall–Kier alpha value is -4.16. The second-order valence-corrected chi connectivity index (χ2v) is 4.96. The lowest BCUT2D eigenvalue weighted by Gasteiger charge is -2.02. The first-order valence-electron chi connectivity index (χ1n) is 7.06. The van der Waals surface area contributed by atoms with Gasteiger partial charge in [0.25, 0.3) is 11.6 Å². The van der Waals surface area contributed by atoms with E-state index in [0.29, 0.717) is 11.3 Å². The summed E-state index contributed by atoms with van der Waals surface area (Å²) in [6.45, 7) is 1.57. The van der Waals surface area contributed by atoms with Crippen LogP contribution in [-0.4, -0.2) is 42.4 Å². The molecule has 3 rings (SSSR count). The number of rotatable bonds is 5. The van der Waals surface area contributed by atoms with Crippen molar-refractivity contribution in [3.8, 4) is 5.82 Å². The van der Waals surface area contributed by atoms with Gasteiger partial charge in [-0.25, -0.2) is 10.1 Å². The fraction of sp³-hybridized carbons (Fsp3) is 0.0769. The summed E-state index contributed by atoms with van der Waals surface area (Å²) in [6, 6.07) is 5.64. The van der Waals surface area contributed by atoms with E-state index in [1.807, 2.05) is 0 Å². The van der Waals surface area contributed by atoms with E-state index in [-0.39, 0.29) is 23.0 Å². The molecule has 0 bridgehead atoms. The maximum Gasteiger partial charge on any atom is 0.292 e. The van der Waals surface area contributed by atoms with Crippen molar-refractivity contribution in [1.29, 1.82) is 0 Å². The van der Waals surface area contributed by atoms with Crippen molar-refractivity contribution < 1.29 is 14.3 Å². The van der Waals surface area contributed by atoms with E-state index >= 15 is 0 Å². The minimum absolute atomic E-state index is 0.0232. The lowest BCUT2D eigenvalue weighted by Crippen LogP contribution is -2.22. The van der Waals surface area contributed by atoms with Crippen molar-refractivity contribution in [3.05, 3.63) is 51.3 Å². The predicted octanol–water partition coefficient (Wildman–Crippen LogP) is 0.213. The quantitative estimate of drug-likeness (QED) is 0.366. The summed E-state index contributed by atoms with van der Waals surface area (Å²) in [5.74, 6) is -0.651. The Labute approximate surface area is 144 Å². The maximum atomic E-state index is 12.4. The highest BCUT2D eigenvalue weighted by molar-refractivity contribution is 5.94. The standard InChI is InChI=1S/C13H11N9O4/c1-7-10(21(20-16-7)12-11(14)18-26-19-12)13(23)17-15-6-8-2-4-9(5-3-8)22(24)25/h2-6H,1H3,(H2,14,18)(H,17,23)/b15-6-. The molecule has 3 N–H and O–H groups in total. The number of hydrogen-bond acceptors (Lipinski definition) is 10. The fourth-order valence-corrected chi connectivity index (χ4v) is 2.00. The summed E-state index contributed by atoms with van der Waals surface area (Å²) >= 11 is 0. The second kappa shape index (κ2) is 6.76. The Balaban J connectivity index is 1.76. The van der Waals surface area contributed by atoms with Gasteiger partial charge in [0.1, 0.15) is 0 Å². The molecular weight excluding hydrogens is 346 g/mol. The summed E-state index contributed by atoms with van der Waals surface area (Å²) in [5.41, 5.74) is 8.78. The smallest absolute Gasteiger partial charge is 0.292 e. The number of carbonyl (C=O) groups is 1. The molecule has 2 aromatic heterocycles. The van der Waals surface area contributed by atoms with Gasteiger partial charge in [0, 0.05) is 12.1 Å². The minimum atomic E-state index is -0.618. The van der Waals surface area contributed by atoms with Crippen LogP contribution in [0.1, 0.15) is 21.7 Å². The number of nitrogens with zero attached hydrogens (tertiary/aromatic N) is 7. The molecular formula is C13H11N9O4. The molecule has 0 radical (unpaired) electrons. The molecule has 0 spiro atoms. The number of anilines is 1. The normalized spacial score (nSPS) is 11.0. The van der Waals surface area contributed by atoms with E-state index in [2.05, 4.69) is 35.8 Å². The van der Waals surface area contributed by atoms with Gasteiger partial charge < -0.3 is 5.73 Å². The zero-order chi connectivity index (χ0) is 18.7. The first kappa shape index (κ1) is 16.7. The van der Waals surface area contributed by atoms with Crippen LogP contribution in [0.2, 0.25) is 0 Å². The van der Waals surface area contributed by atoms with Crippen LogP contribution in [0.25, 0.3) is 5.82 Å². The fourth-order valence-electron chi connectivity index (χ4n) is 2.00. The third kappa shape index (κ3) is 3.21. The Morgan fingerprint density at radius 3 is 2.73 bits per heavy atom. The molecule has 1 amide bonds. The Morgan fingerprint density at radius 2 is 2.12 bits per heavy atom. The third-order valence-corrected chi connectivity index (χ3v) is 3.23. The van der Waals surface area contributed by atoms with Crippen molar-refractivity contribution in [2.75, 3.05) is 5.73 Å². The maximum absolute atomic E-state index is 12.4. The second-order valence-electron chi connectivity index (χ2n) is 4.96. The van der Waals surface area contributed by atoms with Gasteiger partial charge in [0.15, 0.2) is 5.69 Å². The summed E-state index contributed by atoms with van der Waals surface area (Å²) in [7, 11) is 0. The number of aryl methyl sites for hydroxylation is 1. The molecule has 2 heterocycles. The van der Waals surface area contributed by atoms with Crippen molar-refractivity contribution in [2.45, 2.75) is 6.92 Å². The molecule has 132 valence electrons. The highest BCUT2D eigenvalue weighted by Crippen LogP contribution is 2.15. The van der Waals surface area contributed by atoms with Crippen LogP contribution in [0.5, 0.6) is 0 Å². The van der Waals surface area contributed by atoms with Gasteiger partial charge in [-0.05, 0) is 34.9 Å². The first-order valence-corrected chi connectivity index (χ1v) is 7.06.